The number of thiophene rings is 1. The van der Waals surface area contributed by atoms with Crippen LogP contribution in [-0.2, 0) is 6.42 Å². The zero-order valence-electron chi connectivity index (χ0n) is 11.0. The van der Waals surface area contributed by atoms with Gasteiger partial charge in [-0.25, -0.2) is 9.78 Å². The molecule has 0 aliphatic heterocycles. The van der Waals surface area contributed by atoms with E-state index >= 15 is 0 Å². The zero-order chi connectivity index (χ0) is 13.9. The van der Waals surface area contributed by atoms with Crippen molar-refractivity contribution in [3.05, 3.63) is 63.1 Å². The fourth-order valence-corrected chi connectivity index (χ4v) is 2.87. The number of benzene rings is 1. The summed E-state index contributed by atoms with van der Waals surface area (Å²) in [6.45, 7) is 2.06. The predicted molar refractivity (Wildman–Crippen MR) is 82.9 cm³/mol. The maximum Gasteiger partial charge on any atom is 0.347 e. The summed E-state index contributed by atoms with van der Waals surface area (Å²) in [4.78, 5) is 18.2. The number of rotatable bonds is 3. The van der Waals surface area contributed by atoms with E-state index in [4.69, 9.17) is 4.42 Å². The lowest BCUT2D eigenvalue weighted by Gasteiger charge is -1.93. The van der Waals surface area contributed by atoms with Crippen LogP contribution in [0.15, 0.2) is 45.6 Å². The van der Waals surface area contributed by atoms with E-state index < -0.39 is 0 Å². The largest absolute Gasteiger partial charge is 0.404 e. The summed E-state index contributed by atoms with van der Waals surface area (Å²) in [5, 5.41) is 0.573. The van der Waals surface area contributed by atoms with Crippen LogP contribution in [0.3, 0.4) is 0 Å². The van der Waals surface area contributed by atoms with Crippen LogP contribution in [0.5, 0.6) is 0 Å². The molecule has 0 aliphatic rings. The van der Waals surface area contributed by atoms with Crippen molar-refractivity contribution in [2.24, 2.45) is 0 Å². The summed E-state index contributed by atoms with van der Waals surface area (Å²) in [5.74, 6) is 0.343. The summed E-state index contributed by atoms with van der Waals surface area (Å²) in [5.41, 5.74) is 0.719. The Hall–Kier alpha value is -2.20. The Balaban J connectivity index is 2.00. The number of fused-ring (bicyclic) bond motifs is 1. The standard InChI is InChI=1S/C16H13NO2S/c1-2-12-10-13-15(20-12)17-14(19-16(13)18)9-8-11-6-4-3-5-7-11/h3-10H,2H2,1H3/b9-8+. The van der Waals surface area contributed by atoms with Gasteiger partial charge in [-0.15, -0.1) is 11.3 Å². The lowest BCUT2D eigenvalue weighted by atomic mass is 10.2. The Labute approximate surface area is 120 Å². The van der Waals surface area contributed by atoms with Crippen LogP contribution in [0.4, 0.5) is 0 Å². The maximum absolute atomic E-state index is 11.9. The first-order valence-corrected chi connectivity index (χ1v) is 7.24. The van der Waals surface area contributed by atoms with Gasteiger partial charge in [0, 0.05) is 11.0 Å². The molecular formula is C16H13NO2S. The predicted octanol–water partition coefficient (Wildman–Crippen LogP) is 3.98. The summed E-state index contributed by atoms with van der Waals surface area (Å²) >= 11 is 1.54. The second-order valence-electron chi connectivity index (χ2n) is 4.37. The summed E-state index contributed by atoms with van der Waals surface area (Å²) in [6.07, 6.45) is 4.50. The van der Waals surface area contributed by atoms with E-state index in [2.05, 4.69) is 11.9 Å². The average molecular weight is 283 g/mol. The molecule has 3 aromatic rings. The normalized spacial score (nSPS) is 11.4. The molecule has 1 aromatic carbocycles. The van der Waals surface area contributed by atoms with Crippen molar-refractivity contribution in [1.29, 1.82) is 0 Å². The van der Waals surface area contributed by atoms with Crippen molar-refractivity contribution in [3.63, 3.8) is 0 Å². The Kier molecular flexibility index (Phi) is 3.48. The number of hydrogen-bond donors (Lipinski definition) is 0. The fraction of sp³-hybridized carbons (Fsp3) is 0.125. The average Bonchev–Trinajstić information content (AvgIpc) is 2.90. The molecule has 0 amide bonds. The van der Waals surface area contributed by atoms with Crippen molar-refractivity contribution < 1.29 is 4.42 Å². The van der Waals surface area contributed by atoms with Crippen molar-refractivity contribution in [2.45, 2.75) is 13.3 Å². The third-order valence-electron chi connectivity index (χ3n) is 2.96. The Morgan fingerprint density at radius 1 is 1.25 bits per heavy atom. The van der Waals surface area contributed by atoms with E-state index in [1.807, 2.05) is 42.5 Å². The molecule has 0 unspecified atom stereocenters. The SMILES string of the molecule is CCc1cc2c(=O)oc(/C=C/c3ccccc3)nc2s1. The van der Waals surface area contributed by atoms with Crippen LogP contribution in [0, 0.1) is 0 Å². The quantitative estimate of drug-likeness (QED) is 0.730. The van der Waals surface area contributed by atoms with Gasteiger partial charge < -0.3 is 4.42 Å². The van der Waals surface area contributed by atoms with E-state index in [0.29, 0.717) is 11.3 Å². The minimum Gasteiger partial charge on any atom is -0.404 e. The van der Waals surface area contributed by atoms with Crippen molar-refractivity contribution in [2.75, 3.05) is 0 Å². The van der Waals surface area contributed by atoms with E-state index in [1.165, 1.54) is 0 Å². The number of nitrogens with zero attached hydrogens (tertiary/aromatic N) is 1. The fourth-order valence-electron chi connectivity index (χ4n) is 1.91. The molecular weight excluding hydrogens is 270 g/mol. The van der Waals surface area contributed by atoms with Gasteiger partial charge in [-0.2, -0.15) is 0 Å². The zero-order valence-corrected chi connectivity index (χ0v) is 11.8. The second-order valence-corrected chi connectivity index (χ2v) is 5.48. The van der Waals surface area contributed by atoms with Gasteiger partial charge in [0.05, 0.1) is 5.39 Å². The molecule has 0 N–H and O–H groups in total. The molecule has 2 aromatic heterocycles. The number of aryl methyl sites for hydroxylation is 1. The van der Waals surface area contributed by atoms with Crippen molar-refractivity contribution >= 4 is 33.7 Å². The third-order valence-corrected chi connectivity index (χ3v) is 4.13. The van der Waals surface area contributed by atoms with E-state index in [1.54, 1.807) is 17.4 Å². The number of aromatic nitrogens is 1. The molecule has 0 atom stereocenters. The molecule has 2 heterocycles. The molecule has 100 valence electrons. The highest BCUT2D eigenvalue weighted by Gasteiger charge is 2.08. The van der Waals surface area contributed by atoms with Gasteiger partial charge in [0.2, 0.25) is 5.89 Å². The number of hydrogen-bond acceptors (Lipinski definition) is 4. The summed E-state index contributed by atoms with van der Waals surface area (Å²) in [7, 11) is 0. The lowest BCUT2D eigenvalue weighted by molar-refractivity contribution is 0.491. The van der Waals surface area contributed by atoms with Crippen LogP contribution in [-0.4, -0.2) is 4.98 Å². The monoisotopic (exact) mass is 283 g/mol. The second kappa shape index (κ2) is 5.43. The van der Waals surface area contributed by atoms with Crippen molar-refractivity contribution in [3.8, 4) is 0 Å². The van der Waals surface area contributed by atoms with Gasteiger partial charge in [-0.05, 0) is 24.1 Å². The summed E-state index contributed by atoms with van der Waals surface area (Å²) < 4.78 is 5.22. The van der Waals surface area contributed by atoms with Crippen LogP contribution >= 0.6 is 11.3 Å². The Bertz CT molecular complexity index is 815. The molecule has 0 spiro atoms. The first-order chi connectivity index (χ1) is 9.76. The van der Waals surface area contributed by atoms with Crippen LogP contribution < -0.4 is 5.63 Å². The third kappa shape index (κ3) is 2.56. The van der Waals surface area contributed by atoms with Crippen molar-refractivity contribution in [1.82, 2.24) is 4.98 Å². The van der Waals surface area contributed by atoms with Crippen LogP contribution in [0.25, 0.3) is 22.4 Å². The first-order valence-electron chi connectivity index (χ1n) is 6.43. The molecule has 0 radical (unpaired) electrons. The molecule has 4 heteroatoms. The Morgan fingerprint density at radius 3 is 2.80 bits per heavy atom. The van der Waals surface area contributed by atoms with Crippen LogP contribution in [0.2, 0.25) is 0 Å². The van der Waals surface area contributed by atoms with Gasteiger partial charge in [0.15, 0.2) is 0 Å². The smallest absolute Gasteiger partial charge is 0.347 e. The molecule has 0 saturated heterocycles. The van der Waals surface area contributed by atoms with Gasteiger partial charge in [-0.1, -0.05) is 37.3 Å². The molecule has 0 aliphatic carbocycles. The highest BCUT2D eigenvalue weighted by molar-refractivity contribution is 7.18. The van der Waals surface area contributed by atoms with Gasteiger partial charge in [0.25, 0.3) is 0 Å². The minimum atomic E-state index is -0.321. The minimum absolute atomic E-state index is 0.321. The molecule has 0 bridgehead atoms. The topological polar surface area (TPSA) is 43.1 Å². The molecule has 0 fully saturated rings. The highest BCUT2D eigenvalue weighted by Crippen LogP contribution is 2.22. The van der Waals surface area contributed by atoms with Crippen LogP contribution in [0.1, 0.15) is 23.3 Å². The Morgan fingerprint density at radius 2 is 2.05 bits per heavy atom. The van der Waals surface area contributed by atoms with E-state index in [9.17, 15) is 4.79 Å². The van der Waals surface area contributed by atoms with Gasteiger partial charge >= 0.3 is 5.63 Å². The van der Waals surface area contributed by atoms with Gasteiger partial charge in [-0.3, -0.25) is 0 Å². The molecule has 3 rings (SSSR count). The molecule has 0 saturated carbocycles. The maximum atomic E-state index is 11.9. The van der Waals surface area contributed by atoms with Gasteiger partial charge in [0.1, 0.15) is 4.83 Å². The molecule has 20 heavy (non-hydrogen) atoms. The lowest BCUT2D eigenvalue weighted by Crippen LogP contribution is -2.00. The van der Waals surface area contributed by atoms with E-state index in [0.717, 1.165) is 21.7 Å². The molecule has 3 nitrogen and oxygen atoms in total. The highest BCUT2D eigenvalue weighted by atomic mass is 32.1. The summed E-state index contributed by atoms with van der Waals surface area (Å²) in [6, 6.07) is 11.7. The van der Waals surface area contributed by atoms with E-state index in [-0.39, 0.29) is 5.63 Å². The first kappa shape index (κ1) is 12.8.